The van der Waals surface area contributed by atoms with Crippen molar-refractivity contribution in [2.24, 2.45) is 0 Å². The lowest BCUT2D eigenvalue weighted by atomic mass is 10.1. The second-order valence-corrected chi connectivity index (χ2v) is 5.42. The molecular weight excluding hydrogens is 262 g/mol. The maximum absolute atomic E-state index is 5.43. The summed E-state index contributed by atoms with van der Waals surface area (Å²) in [5.41, 5.74) is 2.59. The number of hydrogen-bond donors (Lipinski definition) is 1. The largest absolute Gasteiger partial charge is 0.497 e. The van der Waals surface area contributed by atoms with E-state index in [4.69, 9.17) is 9.47 Å². The fourth-order valence-corrected chi connectivity index (χ4v) is 2.73. The van der Waals surface area contributed by atoms with Crippen LogP contribution in [0.25, 0.3) is 0 Å². The van der Waals surface area contributed by atoms with Crippen LogP contribution in [0.4, 0.5) is 0 Å². The van der Waals surface area contributed by atoms with Crippen molar-refractivity contribution in [1.29, 1.82) is 0 Å². The molecule has 0 saturated heterocycles. The highest BCUT2D eigenvalue weighted by Gasteiger charge is 2.37. The maximum atomic E-state index is 5.43. The molecule has 0 heterocycles. The SMILES string of the molecule is COc1ccc(CN[C@@H]2CC2c2ccccc2)c(OC)c1. The highest BCUT2D eigenvalue weighted by atomic mass is 16.5. The van der Waals surface area contributed by atoms with Crippen molar-refractivity contribution in [1.82, 2.24) is 5.32 Å². The van der Waals surface area contributed by atoms with Gasteiger partial charge in [0.05, 0.1) is 14.2 Å². The summed E-state index contributed by atoms with van der Waals surface area (Å²) in [6.45, 7) is 0.821. The van der Waals surface area contributed by atoms with Crippen LogP contribution in [0.15, 0.2) is 48.5 Å². The normalized spacial score (nSPS) is 20.1. The standard InChI is InChI=1S/C18H21NO2/c1-20-15-9-8-14(18(10-15)21-2)12-19-17-11-16(17)13-6-4-3-5-7-13/h3-10,16-17,19H,11-12H2,1-2H3/t16?,17-/m1/s1. The average molecular weight is 283 g/mol. The van der Waals surface area contributed by atoms with Crippen molar-refractivity contribution >= 4 is 0 Å². The predicted octanol–water partition coefficient (Wildman–Crippen LogP) is 3.35. The Labute approximate surface area is 125 Å². The van der Waals surface area contributed by atoms with Gasteiger partial charge in [0.25, 0.3) is 0 Å². The maximum Gasteiger partial charge on any atom is 0.127 e. The van der Waals surface area contributed by atoms with E-state index < -0.39 is 0 Å². The van der Waals surface area contributed by atoms with Crippen LogP contribution < -0.4 is 14.8 Å². The molecule has 0 amide bonds. The Morgan fingerprint density at radius 2 is 1.86 bits per heavy atom. The van der Waals surface area contributed by atoms with Gasteiger partial charge in [-0.3, -0.25) is 0 Å². The van der Waals surface area contributed by atoms with E-state index >= 15 is 0 Å². The van der Waals surface area contributed by atoms with Gasteiger partial charge >= 0.3 is 0 Å². The second-order valence-electron chi connectivity index (χ2n) is 5.42. The quantitative estimate of drug-likeness (QED) is 0.882. The first-order valence-corrected chi connectivity index (χ1v) is 7.31. The van der Waals surface area contributed by atoms with Gasteiger partial charge in [-0.25, -0.2) is 0 Å². The van der Waals surface area contributed by atoms with Crippen LogP contribution in [0.2, 0.25) is 0 Å². The van der Waals surface area contributed by atoms with Gasteiger partial charge < -0.3 is 14.8 Å². The zero-order valence-electron chi connectivity index (χ0n) is 12.5. The van der Waals surface area contributed by atoms with Crippen LogP contribution in [0.3, 0.4) is 0 Å². The zero-order chi connectivity index (χ0) is 14.7. The summed E-state index contributed by atoms with van der Waals surface area (Å²) in [5.74, 6) is 2.35. The van der Waals surface area contributed by atoms with E-state index in [1.807, 2.05) is 12.1 Å². The first kappa shape index (κ1) is 14.0. The van der Waals surface area contributed by atoms with Gasteiger partial charge in [-0.2, -0.15) is 0 Å². The molecule has 0 bridgehead atoms. The van der Waals surface area contributed by atoms with E-state index in [0.29, 0.717) is 12.0 Å². The van der Waals surface area contributed by atoms with Crippen molar-refractivity contribution in [2.45, 2.75) is 24.9 Å². The molecule has 1 N–H and O–H groups in total. The predicted molar refractivity (Wildman–Crippen MR) is 84.0 cm³/mol. The Morgan fingerprint density at radius 3 is 2.57 bits per heavy atom. The van der Waals surface area contributed by atoms with Crippen LogP contribution in [-0.4, -0.2) is 20.3 Å². The molecular formula is C18H21NO2. The number of nitrogens with one attached hydrogen (secondary N) is 1. The summed E-state index contributed by atoms with van der Waals surface area (Å²) in [7, 11) is 3.36. The highest BCUT2D eigenvalue weighted by molar-refractivity contribution is 5.41. The Bertz CT molecular complexity index is 597. The minimum absolute atomic E-state index is 0.569. The first-order chi connectivity index (χ1) is 10.3. The van der Waals surface area contributed by atoms with E-state index in [0.717, 1.165) is 23.6 Å². The van der Waals surface area contributed by atoms with Crippen molar-refractivity contribution in [3.8, 4) is 11.5 Å². The molecule has 0 spiro atoms. The van der Waals surface area contributed by atoms with E-state index in [-0.39, 0.29) is 0 Å². The molecule has 2 aromatic rings. The monoisotopic (exact) mass is 283 g/mol. The fraction of sp³-hybridized carbons (Fsp3) is 0.333. The molecule has 3 rings (SSSR count). The third-order valence-electron chi connectivity index (χ3n) is 4.07. The highest BCUT2D eigenvalue weighted by Crippen LogP contribution is 2.41. The molecule has 110 valence electrons. The van der Waals surface area contributed by atoms with E-state index in [9.17, 15) is 0 Å². The van der Waals surface area contributed by atoms with E-state index in [2.05, 4.69) is 41.7 Å². The molecule has 1 saturated carbocycles. The van der Waals surface area contributed by atoms with Crippen LogP contribution in [-0.2, 0) is 6.54 Å². The van der Waals surface area contributed by atoms with Gasteiger partial charge in [0.1, 0.15) is 11.5 Å². The van der Waals surface area contributed by atoms with Gasteiger partial charge in [0.2, 0.25) is 0 Å². The summed E-state index contributed by atoms with van der Waals surface area (Å²) in [6.07, 6.45) is 1.21. The molecule has 0 aromatic heterocycles. The molecule has 2 atom stereocenters. The summed E-state index contributed by atoms with van der Waals surface area (Å²) < 4.78 is 10.7. The van der Waals surface area contributed by atoms with Crippen molar-refractivity contribution in [3.05, 3.63) is 59.7 Å². The second kappa shape index (κ2) is 6.19. The van der Waals surface area contributed by atoms with Crippen LogP contribution >= 0.6 is 0 Å². The Hall–Kier alpha value is -2.00. The molecule has 21 heavy (non-hydrogen) atoms. The lowest BCUT2D eigenvalue weighted by Crippen LogP contribution is -2.17. The lowest BCUT2D eigenvalue weighted by Gasteiger charge is -2.11. The van der Waals surface area contributed by atoms with Crippen molar-refractivity contribution < 1.29 is 9.47 Å². The van der Waals surface area contributed by atoms with Gasteiger partial charge in [-0.05, 0) is 18.1 Å². The minimum Gasteiger partial charge on any atom is -0.497 e. The number of ether oxygens (including phenoxy) is 2. The fourth-order valence-electron chi connectivity index (χ4n) is 2.73. The molecule has 1 aliphatic rings. The first-order valence-electron chi connectivity index (χ1n) is 7.31. The van der Waals surface area contributed by atoms with Crippen molar-refractivity contribution in [2.75, 3.05) is 14.2 Å². The molecule has 1 aliphatic carbocycles. The molecule has 2 aromatic carbocycles. The van der Waals surface area contributed by atoms with Gasteiger partial charge in [-0.1, -0.05) is 36.4 Å². The summed E-state index contributed by atoms with van der Waals surface area (Å²) in [5, 5.41) is 3.61. The van der Waals surface area contributed by atoms with Crippen LogP contribution in [0.1, 0.15) is 23.5 Å². The van der Waals surface area contributed by atoms with Gasteiger partial charge in [-0.15, -0.1) is 0 Å². The molecule has 3 nitrogen and oxygen atoms in total. The third-order valence-corrected chi connectivity index (χ3v) is 4.07. The lowest BCUT2D eigenvalue weighted by molar-refractivity contribution is 0.389. The smallest absolute Gasteiger partial charge is 0.127 e. The van der Waals surface area contributed by atoms with Gasteiger partial charge in [0.15, 0.2) is 0 Å². The van der Waals surface area contributed by atoms with Gasteiger partial charge in [0, 0.05) is 30.1 Å². The van der Waals surface area contributed by atoms with E-state index in [1.165, 1.54) is 12.0 Å². The third kappa shape index (κ3) is 3.19. The summed E-state index contributed by atoms with van der Waals surface area (Å²) in [4.78, 5) is 0. The summed E-state index contributed by atoms with van der Waals surface area (Å²) >= 11 is 0. The van der Waals surface area contributed by atoms with Crippen LogP contribution in [0, 0.1) is 0 Å². The number of benzene rings is 2. The molecule has 0 aliphatic heterocycles. The number of rotatable bonds is 6. The van der Waals surface area contributed by atoms with E-state index in [1.54, 1.807) is 14.2 Å². The molecule has 1 unspecified atom stereocenters. The molecule has 1 fully saturated rings. The Morgan fingerprint density at radius 1 is 1.05 bits per heavy atom. The minimum atomic E-state index is 0.569. The zero-order valence-corrected chi connectivity index (χ0v) is 12.5. The Kier molecular flexibility index (Phi) is 4.11. The van der Waals surface area contributed by atoms with Crippen molar-refractivity contribution in [3.63, 3.8) is 0 Å². The number of methoxy groups -OCH3 is 2. The molecule has 3 heteroatoms. The Balaban J connectivity index is 1.59. The van der Waals surface area contributed by atoms with Crippen LogP contribution in [0.5, 0.6) is 11.5 Å². The number of hydrogen-bond acceptors (Lipinski definition) is 3. The molecule has 0 radical (unpaired) electrons. The topological polar surface area (TPSA) is 30.5 Å². The average Bonchev–Trinajstić information content (AvgIpc) is 3.33. The summed E-state index contributed by atoms with van der Waals surface area (Å²) in [6, 6.07) is 17.2.